The molecule has 1 amide bonds. The highest BCUT2D eigenvalue weighted by atomic mass is 35.5. The summed E-state index contributed by atoms with van der Waals surface area (Å²) in [5.41, 5.74) is 1.08. The SMILES string of the molecule is Cc1ccc(O[C@H](C)C(=O)Nc2cc(C(F)(F)F)ccc2Cl)cc1C. The molecule has 0 radical (unpaired) electrons. The fourth-order valence-electron chi connectivity index (χ4n) is 2.08. The number of hydrogen-bond acceptors (Lipinski definition) is 2. The quantitative estimate of drug-likeness (QED) is 0.783. The maximum Gasteiger partial charge on any atom is 0.416 e. The number of rotatable bonds is 4. The molecule has 0 saturated carbocycles. The number of carbonyl (C=O) groups is 1. The number of anilines is 1. The average Bonchev–Trinajstić information content (AvgIpc) is 2.51. The average molecular weight is 372 g/mol. The van der Waals surface area contributed by atoms with Gasteiger partial charge in [0.1, 0.15) is 5.75 Å². The summed E-state index contributed by atoms with van der Waals surface area (Å²) in [4.78, 5) is 12.2. The lowest BCUT2D eigenvalue weighted by atomic mass is 10.1. The first-order valence-electron chi connectivity index (χ1n) is 7.49. The van der Waals surface area contributed by atoms with Crippen molar-refractivity contribution in [2.24, 2.45) is 0 Å². The summed E-state index contributed by atoms with van der Waals surface area (Å²) in [6, 6.07) is 8.11. The van der Waals surface area contributed by atoms with Crippen LogP contribution in [0.25, 0.3) is 0 Å². The van der Waals surface area contributed by atoms with Gasteiger partial charge in [-0.15, -0.1) is 0 Å². The summed E-state index contributed by atoms with van der Waals surface area (Å²) in [5.74, 6) is -0.0969. The van der Waals surface area contributed by atoms with E-state index in [2.05, 4.69) is 5.32 Å². The zero-order valence-corrected chi connectivity index (χ0v) is 14.6. The molecule has 134 valence electrons. The van der Waals surface area contributed by atoms with Crippen molar-refractivity contribution >= 4 is 23.2 Å². The van der Waals surface area contributed by atoms with Gasteiger partial charge in [-0.25, -0.2) is 0 Å². The van der Waals surface area contributed by atoms with Crippen molar-refractivity contribution in [3.8, 4) is 5.75 Å². The summed E-state index contributed by atoms with van der Waals surface area (Å²) >= 11 is 5.87. The Balaban J connectivity index is 2.12. The lowest BCUT2D eigenvalue weighted by molar-refractivity contribution is -0.137. The van der Waals surface area contributed by atoms with E-state index in [1.165, 1.54) is 6.92 Å². The molecular formula is C18H17ClF3NO2. The molecule has 3 nitrogen and oxygen atoms in total. The van der Waals surface area contributed by atoms with Crippen molar-refractivity contribution in [3.05, 3.63) is 58.1 Å². The van der Waals surface area contributed by atoms with Gasteiger partial charge in [0.2, 0.25) is 0 Å². The third-order valence-corrected chi connectivity index (χ3v) is 4.04. The second kappa shape index (κ2) is 7.35. The van der Waals surface area contributed by atoms with Crippen molar-refractivity contribution in [1.29, 1.82) is 0 Å². The Morgan fingerprint density at radius 3 is 2.40 bits per heavy atom. The molecule has 0 spiro atoms. The Hall–Kier alpha value is -2.21. The first kappa shape index (κ1) is 19.1. The van der Waals surface area contributed by atoms with Gasteiger partial charge in [0.15, 0.2) is 6.10 Å². The highest BCUT2D eigenvalue weighted by Crippen LogP contribution is 2.33. The predicted octanol–water partition coefficient (Wildman–Crippen LogP) is 5.38. The molecule has 0 heterocycles. The monoisotopic (exact) mass is 371 g/mol. The van der Waals surface area contributed by atoms with Gasteiger partial charge in [-0.05, 0) is 62.2 Å². The molecule has 0 unspecified atom stereocenters. The zero-order valence-electron chi connectivity index (χ0n) is 13.9. The normalized spacial score (nSPS) is 12.6. The van der Waals surface area contributed by atoms with E-state index in [4.69, 9.17) is 16.3 Å². The molecule has 1 N–H and O–H groups in total. The van der Waals surface area contributed by atoms with E-state index >= 15 is 0 Å². The van der Waals surface area contributed by atoms with Crippen LogP contribution in [0.2, 0.25) is 5.02 Å². The van der Waals surface area contributed by atoms with E-state index in [1.54, 1.807) is 12.1 Å². The summed E-state index contributed by atoms with van der Waals surface area (Å²) in [5, 5.41) is 2.39. The number of nitrogens with one attached hydrogen (secondary N) is 1. The van der Waals surface area contributed by atoms with E-state index in [9.17, 15) is 18.0 Å². The van der Waals surface area contributed by atoms with Gasteiger partial charge in [-0.1, -0.05) is 17.7 Å². The van der Waals surface area contributed by atoms with E-state index < -0.39 is 23.8 Å². The van der Waals surface area contributed by atoms with Crippen molar-refractivity contribution in [2.75, 3.05) is 5.32 Å². The smallest absolute Gasteiger partial charge is 0.416 e. The summed E-state index contributed by atoms with van der Waals surface area (Å²) in [6.07, 6.45) is -5.43. The fourth-order valence-corrected chi connectivity index (χ4v) is 2.24. The van der Waals surface area contributed by atoms with Crippen LogP contribution in [0.1, 0.15) is 23.6 Å². The molecule has 2 aromatic carbocycles. The zero-order chi connectivity index (χ0) is 18.8. The van der Waals surface area contributed by atoms with Crippen LogP contribution in [0, 0.1) is 13.8 Å². The van der Waals surface area contributed by atoms with Crippen molar-refractivity contribution < 1.29 is 22.7 Å². The Morgan fingerprint density at radius 1 is 1.12 bits per heavy atom. The standard InChI is InChI=1S/C18H17ClF3NO2/c1-10-4-6-14(8-11(10)2)25-12(3)17(24)23-16-9-13(18(20,21)22)5-7-15(16)19/h4-9,12H,1-3H3,(H,23,24)/t12-/m1/s1. The Labute approximate surface area is 148 Å². The van der Waals surface area contributed by atoms with Gasteiger partial charge in [0.05, 0.1) is 16.3 Å². The minimum absolute atomic E-state index is 0.0136. The summed E-state index contributed by atoms with van der Waals surface area (Å²) < 4.78 is 43.9. The molecule has 2 rings (SSSR count). The number of alkyl halides is 3. The number of halogens is 4. The number of amides is 1. The second-order valence-electron chi connectivity index (χ2n) is 5.69. The first-order chi connectivity index (χ1) is 11.6. The molecule has 0 aliphatic rings. The molecule has 25 heavy (non-hydrogen) atoms. The fraction of sp³-hybridized carbons (Fsp3) is 0.278. The van der Waals surface area contributed by atoms with Gasteiger partial charge in [0.25, 0.3) is 5.91 Å². The van der Waals surface area contributed by atoms with Crippen LogP contribution in [0.3, 0.4) is 0 Å². The minimum atomic E-state index is -4.52. The summed E-state index contributed by atoms with van der Waals surface area (Å²) in [7, 11) is 0. The van der Waals surface area contributed by atoms with E-state index in [0.717, 1.165) is 29.3 Å². The number of hydrogen-bond donors (Lipinski definition) is 1. The second-order valence-corrected chi connectivity index (χ2v) is 6.09. The van der Waals surface area contributed by atoms with Crippen LogP contribution in [0.5, 0.6) is 5.75 Å². The van der Waals surface area contributed by atoms with Gasteiger partial charge < -0.3 is 10.1 Å². The topological polar surface area (TPSA) is 38.3 Å². The molecule has 0 fully saturated rings. The molecule has 0 aliphatic carbocycles. The number of carbonyl (C=O) groups excluding carboxylic acids is 1. The van der Waals surface area contributed by atoms with Crippen molar-refractivity contribution in [2.45, 2.75) is 33.1 Å². The van der Waals surface area contributed by atoms with Crippen LogP contribution in [0.15, 0.2) is 36.4 Å². The summed E-state index contributed by atoms with van der Waals surface area (Å²) in [6.45, 7) is 5.37. The molecule has 0 bridgehead atoms. The van der Waals surface area contributed by atoms with Crippen LogP contribution in [-0.2, 0) is 11.0 Å². The third kappa shape index (κ3) is 4.89. The molecule has 0 saturated heterocycles. The molecule has 0 aromatic heterocycles. The number of aryl methyl sites for hydroxylation is 2. The lowest BCUT2D eigenvalue weighted by Gasteiger charge is -2.17. The van der Waals surface area contributed by atoms with Gasteiger partial charge in [-0.3, -0.25) is 4.79 Å². The highest BCUT2D eigenvalue weighted by molar-refractivity contribution is 6.33. The highest BCUT2D eigenvalue weighted by Gasteiger charge is 2.31. The lowest BCUT2D eigenvalue weighted by Crippen LogP contribution is -2.30. The van der Waals surface area contributed by atoms with Crippen molar-refractivity contribution in [3.63, 3.8) is 0 Å². The number of benzene rings is 2. The van der Waals surface area contributed by atoms with Crippen LogP contribution < -0.4 is 10.1 Å². The predicted molar refractivity (Wildman–Crippen MR) is 91.1 cm³/mol. The molecular weight excluding hydrogens is 355 g/mol. The molecule has 2 aromatic rings. The molecule has 7 heteroatoms. The third-order valence-electron chi connectivity index (χ3n) is 3.71. The minimum Gasteiger partial charge on any atom is -0.481 e. The van der Waals surface area contributed by atoms with E-state index in [1.807, 2.05) is 19.9 Å². The Morgan fingerprint density at radius 2 is 1.80 bits per heavy atom. The maximum absolute atomic E-state index is 12.8. The van der Waals surface area contributed by atoms with Gasteiger partial charge >= 0.3 is 6.18 Å². The first-order valence-corrected chi connectivity index (χ1v) is 7.87. The molecule has 0 aliphatic heterocycles. The Kier molecular flexibility index (Phi) is 5.62. The molecule has 1 atom stereocenters. The number of ether oxygens (including phenoxy) is 1. The van der Waals surface area contributed by atoms with Crippen LogP contribution in [-0.4, -0.2) is 12.0 Å². The Bertz CT molecular complexity index is 790. The van der Waals surface area contributed by atoms with Crippen LogP contribution >= 0.6 is 11.6 Å². The van der Waals surface area contributed by atoms with E-state index in [-0.39, 0.29) is 10.7 Å². The van der Waals surface area contributed by atoms with Crippen LogP contribution in [0.4, 0.5) is 18.9 Å². The van der Waals surface area contributed by atoms with E-state index in [0.29, 0.717) is 5.75 Å². The van der Waals surface area contributed by atoms with Crippen molar-refractivity contribution in [1.82, 2.24) is 0 Å². The largest absolute Gasteiger partial charge is 0.481 e. The van der Waals surface area contributed by atoms with Gasteiger partial charge in [-0.2, -0.15) is 13.2 Å². The maximum atomic E-state index is 12.8. The van der Waals surface area contributed by atoms with Gasteiger partial charge in [0, 0.05) is 0 Å².